The molecule has 0 unspecified atom stereocenters. The highest BCUT2D eigenvalue weighted by Gasteiger charge is 2.42. The first-order valence-corrected chi connectivity index (χ1v) is 9.52. The maximum Gasteiger partial charge on any atom is 0.265 e. The molecule has 0 aliphatic carbocycles. The second-order valence-corrected chi connectivity index (χ2v) is 7.53. The standard InChI is InChI=1S/C19H22N2O3S/c1-13-17(25-12-20-13)18(22)21-8-6-19(7-9-21)16-4-3-15(23-2)11-14(16)5-10-24-19/h3-4,11-12H,5-10H2,1-2H3. The molecule has 0 saturated carbocycles. The van der Waals surface area contributed by atoms with Crippen LogP contribution in [0.5, 0.6) is 5.75 Å². The van der Waals surface area contributed by atoms with E-state index in [4.69, 9.17) is 9.47 Å². The van der Waals surface area contributed by atoms with Crippen LogP contribution >= 0.6 is 11.3 Å². The molecule has 4 rings (SSSR count). The number of carbonyl (C=O) groups excluding carboxylic acids is 1. The van der Waals surface area contributed by atoms with E-state index >= 15 is 0 Å². The molecule has 1 aromatic carbocycles. The van der Waals surface area contributed by atoms with E-state index in [1.807, 2.05) is 17.9 Å². The van der Waals surface area contributed by atoms with Crippen LogP contribution in [0.15, 0.2) is 23.7 Å². The Balaban J connectivity index is 1.54. The van der Waals surface area contributed by atoms with Crippen molar-refractivity contribution < 1.29 is 14.3 Å². The highest BCUT2D eigenvalue weighted by molar-refractivity contribution is 7.11. The average molecular weight is 358 g/mol. The molecule has 1 aromatic heterocycles. The van der Waals surface area contributed by atoms with Gasteiger partial charge in [-0.25, -0.2) is 4.98 Å². The van der Waals surface area contributed by atoms with Crippen LogP contribution in [0.3, 0.4) is 0 Å². The molecule has 2 aliphatic heterocycles. The molecule has 25 heavy (non-hydrogen) atoms. The summed E-state index contributed by atoms with van der Waals surface area (Å²) in [6.07, 6.45) is 2.57. The molecule has 1 saturated heterocycles. The number of thiazole rings is 1. The molecule has 5 nitrogen and oxygen atoms in total. The van der Waals surface area contributed by atoms with E-state index in [9.17, 15) is 4.79 Å². The number of methoxy groups -OCH3 is 1. The van der Waals surface area contributed by atoms with Crippen molar-refractivity contribution in [2.75, 3.05) is 26.8 Å². The maximum atomic E-state index is 12.7. The Kier molecular flexibility index (Phi) is 4.25. The summed E-state index contributed by atoms with van der Waals surface area (Å²) in [5.74, 6) is 0.990. The van der Waals surface area contributed by atoms with Crippen LogP contribution in [0.25, 0.3) is 0 Å². The Bertz CT molecular complexity index is 794. The lowest BCUT2D eigenvalue weighted by Gasteiger charge is -2.45. The number of aromatic nitrogens is 1. The minimum Gasteiger partial charge on any atom is -0.497 e. The number of carbonyl (C=O) groups is 1. The largest absolute Gasteiger partial charge is 0.497 e. The fourth-order valence-electron chi connectivity index (χ4n) is 3.92. The summed E-state index contributed by atoms with van der Waals surface area (Å²) < 4.78 is 11.6. The SMILES string of the molecule is COc1ccc2c(c1)CCOC21CCN(C(=O)c2scnc2C)CC1. The van der Waals surface area contributed by atoms with Crippen molar-refractivity contribution in [2.45, 2.75) is 31.8 Å². The fraction of sp³-hybridized carbons (Fsp3) is 0.474. The van der Waals surface area contributed by atoms with Gasteiger partial charge in [-0.1, -0.05) is 6.07 Å². The van der Waals surface area contributed by atoms with Crippen LogP contribution in [-0.4, -0.2) is 42.6 Å². The Morgan fingerprint density at radius 1 is 1.36 bits per heavy atom. The topological polar surface area (TPSA) is 51.7 Å². The molecule has 6 heteroatoms. The molecule has 0 atom stereocenters. The number of ether oxygens (including phenoxy) is 2. The normalized spacial score (nSPS) is 18.9. The van der Waals surface area contributed by atoms with Gasteiger partial charge >= 0.3 is 0 Å². The maximum absolute atomic E-state index is 12.7. The van der Waals surface area contributed by atoms with Crippen LogP contribution in [0.1, 0.15) is 39.3 Å². The zero-order valence-corrected chi connectivity index (χ0v) is 15.4. The van der Waals surface area contributed by atoms with Gasteiger partial charge in [0.05, 0.1) is 30.5 Å². The van der Waals surface area contributed by atoms with Gasteiger partial charge in [0.2, 0.25) is 0 Å². The van der Waals surface area contributed by atoms with Gasteiger partial charge in [0.1, 0.15) is 10.6 Å². The number of fused-ring (bicyclic) bond motifs is 2. The second kappa shape index (κ2) is 6.42. The van der Waals surface area contributed by atoms with E-state index in [-0.39, 0.29) is 11.5 Å². The fourth-order valence-corrected chi connectivity index (χ4v) is 4.69. The molecule has 3 heterocycles. The van der Waals surface area contributed by atoms with E-state index in [2.05, 4.69) is 17.1 Å². The number of piperidine rings is 1. The molecular formula is C19H22N2O3S. The van der Waals surface area contributed by atoms with Crippen LogP contribution in [-0.2, 0) is 16.8 Å². The molecule has 0 N–H and O–H groups in total. The van der Waals surface area contributed by atoms with Gasteiger partial charge in [-0.05, 0) is 49.4 Å². The molecule has 2 aliphatic rings. The minimum atomic E-state index is -0.265. The van der Waals surface area contributed by atoms with Gasteiger partial charge in [-0.2, -0.15) is 0 Å². The third-order valence-corrected chi connectivity index (χ3v) is 6.27. The molecule has 1 fully saturated rings. The summed E-state index contributed by atoms with van der Waals surface area (Å²) >= 11 is 1.42. The van der Waals surface area contributed by atoms with Crippen molar-refractivity contribution in [2.24, 2.45) is 0 Å². The van der Waals surface area contributed by atoms with E-state index in [1.165, 1.54) is 22.5 Å². The van der Waals surface area contributed by atoms with Gasteiger partial charge in [0, 0.05) is 13.1 Å². The molecule has 132 valence electrons. The van der Waals surface area contributed by atoms with E-state index < -0.39 is 0 Å². The van der Waals surface area contributed by atoms with E-state index in [0.29, 0.717) is 13.1 Å². The van der Waals surface area contributed by atoms with Gasteiger partial charge in [0.25, 0.3) is 5.91 Å². The first-order valence-electron chi connectivity index (χ1n) is 8.64. The number of hydrogen-bond donors (Lipinski definition) is 0. The quantitative estimate of drug-likeness (QED) is 0.827. The Labute approximate surface area is 151 Å². The van der Waals surface area contributed by atoms with Crippen molar-refractivity contribution in [1.82, 2.24) is 9.88 Å². The van der Waals surface area contributed by atoms with Crippen LogP contribution < -0.4 is 4.74 Å². The molecular weight excluding hydrogens is 336 g/mol. The molecule has 2 aromatic rings. The van der Waals surface area contributed by atoms with Crippen LogP contribution in [0.2, 0.25) is 0 Å². The molecule has 0 radical (unpaired) electrons. The van der Waals surface area contributed by atoms with Gasteiger partial charge in [-0.15, -0.1) is 11.3 Å². The number of likely N-dealkylation sites (tertiary alicyclic amines) is 1. The average Bonchev–Trinajstić information content (AvgIpc) is 3.07. The van der Waals surface area contributed by atoms with Gasteiger partial charge < -0.3 is 14.4 Å². The predicted molar refractivity (Wildman–Crippen MR) is 96.3 cm³/mol. The predicted octanol–water partition coefficient (Wildman–Crippen LogP) is 3.16. The number of aryl methyl sites for hydroxylation is 1. The molecule has 1 spiro atoms. The summed E-state index contributed by atoms with van der Waals surface area (Å²) in [5.41, 5.74) is 4.87. The Morgan fingerprint density at radius 2 is 2.16 bits per heavy atom. The number of nitrogens with zero attached hydrogens (tertiary/aromatic N) is 2. The minimum absolute atomic E-state index is 0.0978. The van der Waals surface area contributed by atoms with E-state index in [0.717, 1.165) is 42.2 Å². The number of rotatable bonds is 2. The van der Waals surface area contributed by atoms with Crippen molar-refractivity contribution in [3.8, 4) is 5.75 Å². The summed E-state index contributed by atoms with van der Waals surface area (Å²) in [6.45, 7) is 4.04. The first kappa shape index (κ1) is 16.5. The van der Waals surface area contributed by atoms with Crippen molar-refractivity contribution in [3.63, 3.8) is 0 Å². The monoisotopic (exact) mass is 358 g/mol. The summed E-state index contributed by atoms with van der Waals surface area (Å²) in [7, 11) is 1.70. The van der Waals surface area contributed by atoms with E-state index in [1.54, 1.807) is 12.6 Å². The van der Waals surface area contributed by atoms with Crippen molar-refractivity contribution >= 4 is 17.2 Å². The second-order valence-electron chi connectivity index (χ2n) is 6.67. The van der Waals surface area contributed by atoms with Crippen LogP contribution in [0.4, 0.5) is 0 Å². The van der Waals surface area contributed by atoms with Crippen molar-refractivity contribution in [1.29, 1.82) is 0 Å². The summed E-state index contributed by atoms with van der Waals surface area (Å²) in [6, 6.07) is 6.27. The third-order valence-electron chi connectivity index (χ3n) is 5.35. The molecule has 1 amide bonds. The lowest BCUT2D eigenvalue weighted by molar-refractivity contribution is -0.0935. The highest BCUT2D eigenvalue weighted by atomic mass is 32.1. The lowest BCUT2D eigenvalue weighted by Crippen LogP contribution is -2.48. The first-order chi connectivity index (χ1) is 12.1. The van der Waals surface area contributed by atoms with Crippen molar-refractivity contribution in [3.05, 3.63) is 45.4 Å². The zero-order chi connectivity index (χ0) is 17.4. The number of hydrogen-bond acceptors (Lipinski definition) is 5. The zero-order valence-electron chi connectivity index (χ0n) is 14.6. The van der Waals surface area contributed by atoms with Gasteiger partial charge in [0.15, 0.2) is 0 Å². The third kappa shape index (κ3) is 2.83. The summed E-state index contributed by atoms with van der Waals surface area (Å²) in [4.78, 5) is 19.6. The lowest BCUT2D eigenvalue weighted by atomic mass is 9.79. The van der Waals surface area contributed by atoms with Crippen LogP contribution in [0, 0.1) is 6.92 Å². The van der Waals surface area contributed by atoms with Gasteiger partial charge in [-0.3, -0.25) is 4.79 Å². The molecule has 0 bridgehead atoms. The number of benzene rings is 1. The highest BCUT2D eigenvalue weighted by Crippen LogP contribution is 2.42. The Hall–Kier alpha value is -1.92. The smallest absolute Gasteiger partial charge is 0.265 e. The number of amides is 1. The Morgan fingerprint density at radius 3 is 2.84 bits per heavy atom. The summed E-state index contributed by atoms with van der Waals surface area (Å²) in [5, 5.41) is 0.